The first kappa shape index (κ1) is 10.7. The minimum atomic E-state index is 0.476. The van der Waals surface area contributed by atoms with Crippen LogP contribution in [0.5, 0.6) is 0 Å². The minimum Gasteiger partial charge on any atom is -0.367 e. The van der Waals surface area contributed by atoms with Crippen molar-refractivity contribution >= 4 is 17.4 Å². The van der Waals surface area contributed by atoms with Gasteiger partial charge >= 0.3 is 0 Å². The van der Waals surface area contributed by atoms with E-state index in [0.29, 0.717) is 17.0 Å². The van der Waals surface area contributed by atoms with Crippen LogP contribution in [0, 0.1) is 12.8 Å². The van der Waals surface area contributed by atoms with Crippen molar-refractivity contribution in [3.05, 3.63) is 17.0 Å². The van der Waals surface area contributed by atoms with E-state index < -0.39 is 0 Å². The zero-order valence-corrected chi connectivity index (χ0v) is 9.88. The highest BCUT2D eigenvalue weighted by molar-refractivity contribution is 6.29. The van der Waals surface area contributed by atoms with Gasteiger partial charge in [0.25, 0.3) is 0 Å². The molecular formula is C11H16ClN3. The molecule has 0 aromatic carbocycles. The van der Waals surface area contributed by atoms with E-state index in [1.165, 1.54) is 19.3 Å². The number of rotatable bonds is 3. The molecule has 15 heavy (non-hydrogen) atoms. The summed E-state index contributed by atoms with van der Waals surface area (Å²) in [4.78, 5) is 8.34. The second kappa shape index (κ2) is 4.35. The van der Waals surface area contributed by atoms with Crippen LogP contribution in [0.2, 0.25) is 5.15 Å². The Morgan fingerprint density at radius 3 is 2.73 bits per heavy atom. The van der Waals surface area contributed by atoms with Crippen molar-refractivity contribution in [2.45, 2.75) is 39.2 Å². The van der Waals surface area contributed by atoms with Crippen molar-refractivity contribution in [2.24, 2.45) is 5.92 Å². The number of aromatic nitrogens is 2. The predicted molar refractivity (Wildman–Crippen MR) is 62.2 cm³/mol. The van der Waals surface area contributed by atoms with Gasteiger partial charge in [-0.2, -0.15) is 0 Å². The standard InChI is InChI=1S/C11H16ClN3/c1-7(9-4-3-5-9)13-11-6-10(12)14-8(2)15-11/h6-7,9H,3-5H2,1-2H3,(H,13,14,15). The summed E-state index contributed by atoms with van der Waals surface area (Å²) in [7, 11) is 0. The highest BCUT2D eigenvalue weighted by Crippen LogP contribution is 2.30. The molecule has 1 saturated carbocycles. The fourth-order valence-electron chi connectivity index (χ4n) is 1.90. The van der Waals surface area contributed by atoms with E-state index in [4.69, 9.17) is 11.6 Å². The van der Waals surface area contributed by atoms with Crippen molar-refractivity contribution in [2.75, 3.05) is 5.32 Å². The summed E-state index contributed by atoms with van der Waals surface area (Å²) in [6, 6.07) is 2.26. The van der Waals surface area contributed by atoms with Gasteiger partial charge in [0.1, 0.15) is 16.8 Å². The van der Waals surface area contributed by atoms with E-state index in [-0.39, 0.29) is 0 Å². The lowest BCUT2D eigenvalue weighted by molar-refractivity contribution is 0.285. The largest absolute Gasteiger partial charge is 0.367 e. The summed E-state index contributed by atoms with van der Waals surface area (Å²) >= 11 is 5.87. The normalized spacial score (nSPS) is 18.3. The molecular weight excluding hydrogens is 210 g/mol. The fourth-order valence-corrected chi connectivity index (χ4v) is 2.12. The molecule has 1 fully saturated rings. The molecule has 3 nitrogen and oxygen atoms in total. The maximum atomic E-state index is 5.87. The van der Waals surface area contributed by atoms with Crippen LogP contribution < -0.4 is 5.32 Å². The monoisotopic (exact) mass is 225 g/mol. The third kappa shape index (κ3) is 2.59. The Bertz CT molecular complexity index is 329. The van der Waals surface area contributed by atoms with Gasteiger partial charge in [0, 0.05) is 12.1 Å². The summed E-state index contributed by atoms with van der Waals surface area (Å²) in [5.74, 6) is 2.34. The van der Waals surface area contributed by atoms with Crippen LogP contribution in [0.4, 0.5) is 5.82 Å². The van der Waals surface area contributed by atoms with Crippen molar-refractivity contribution in [3.8, 4) is 0 Å². The molecule has 1 aliphatic rings. The van der Waals surface area contributed by atoms with E-state index in [1.807, 2.05) is 6.92 Å². The lowest BCUT2D eigenvalue weighted by Crippen LogP contribution is -2.31. The van der Waals surface area contributed by atoms with Gasteiger partial charge in [-0.15, -0.1) is 0 Å². The molecule has 82 valence electrons. The topological polar surface area (TPSA) is 37.8 Å². The Hall–Kier alpha value is -0.830. The summed E-state index contributed by atoms with van der Waals surface area (Å²) < 4.78 is 0. The maximum Gasteiger partial charge on any atom is 0.134 e. The molecule has 1 aromatic rings. The zero-order valence-electron chi connectivity index (χ0n) is 9.13. The first-order chi connectivity index (χ1) is 7.15. The summed E-state index contributed by atoms with van der Waals surface area (Å²) in [6.07, 6.45) is 4.01. The maximum absolute atomic E-state index is 5.87. The van der Waals surface area contributed by atoms with Crippen LogP contribution in [0.15, 0.2) is 6.07 Å². The quantitative estimate of drug-likeness (QED) is 0.804. The number of aryl methyl sites for hydroxylation is 1. The molecule has 1 aliphatic carbocycles. The highest BCUT2D eigenvalue weighted by atomic mass is 35.5. The molecule has 0 aliphatic heterocycles. The molecule has 0 saturated heterocycles. The average Bonchev–Trinajstić information content (AvgIpc) is 1.96. The van der Waals surface area contributed by atoms with Gasteiger partial charge in [-0.25, -0.2) is 9.97 Å². The number of anilines is 1. The lowest BCUT2D eigenvalue weighted by Gasteiger charge is -2.32. The van der Waals surface area contributed by atoms with Gasteiger partial charge in [0.15, 0.2) is 0 Å². The van der Waals surface area contributed by atoms with Gasteiger partial charge in [0.05, 0.1) is 0 Å². The molecule has 1 heterocycles. The van der Waals surface area contributed by atoms with E-state index in [1.54, 1.807) is 6.07 Å². The van der Waals surface area contributed by atoms with Crippen LogP contribution in [0.3, 0.4) is 0 Å². The predicted octanol–water partition coefficient (Wildman–Crippen LogP) is 3.04. The second-order valence-corrected chi connectivity index (χ2v) is 4.63. The van der Waals surface area contributed by atoms with Crippen molar-refractivity contribution in [1.29, 1.82) is 0 Å². The molecule has 2 rings (SSSR count). The van der Waals surface area contributed by atoms with Gasteiger partial charge < -0.3 is 5.32 Å². The minimum absolute atomic E-state index is 0.476. The Balaban J connectivity index is 2.02. The first-order valence-corrected chi connectivity index (χ1v) is 5.80. The SMILES string of the molecule is Cc1nc(Cl)cc(NC(C)C2CCC2)n1. The zero-order chi connectivity index (χ0) is 10.8. The molecule has 0 radical (unpaired) electrons. The van der Waals surface area contributed by atoms with Gasteiger partial charge in [-0.05, 0) is 32.6 Å². The van der Waals surface area contributed by atoms with Crippen LogP contribution in [-0.2, 0) is 0 Å². The van der Waals surface area contributed by atoms with Crippen LogP contribution in [-0.4, -0.2) is 16.0 Å². The highest BCUT2D eigenvalue weighted by Gasteiger charge is 2.23. The third-order valence-corrected chi connectivity index (χ3v) is 3.23. The fraction of sp³-hybridized carbons (Fsp3) is 0.636. The lowest BCUT2D eigenvalue weighted by atomic mass is 9.80. The molecule has 0 amide bonds. The van der Waals surface area contributed by atoms with E-state index in [0.717, 1.165) is 11.7 Å². The van der Waals surface area contributed by atoms with Gasteiger partial charge in [0.2, 0.25) is 0 Å². The van der Waals surface area contributed by atoms with Crippen molar-refractivity contribution in [3.63, 3.8) is 0 Å². The Kier molecular flexibility index (Phi) is 3.10. The van der Waals surface area contributed by atoms with Gasteiger partial charge in [-0.1, -0.05) is 18.0 Å². The number of nitrogens with zero attached hydrogens (tertiary/aromatic N) is 2. The molecule has 1 N–H and O–H groups in total. The average molecular weight is 226 g/mol. The van der Waals surface area contributed by atoms with Crippen LogP contribution in [0.25, 0.3) is 0 Å². The number of hydrogen-bond donors (Lipinski definition) is 1. The molecule has 4 heteroatoms. The van der Waals surface area contributed by atoms with Crippen molar-refractivity contribution < 1.29 is 0 Å². The molecule has 1 aromatic heterocycles. The Morgan fingerprint density at radius 2 is 2.20 bits per heavy atom. The first-order valence-electron chi connectivity index (χ1n) is 5.43. The van der Waals surface area contributed by atoms with Crippen LogP contribution in [0.1, 0.15) is 32.0 Å². The Morgan fingerprint density at radius 1 is 1.47 bits per heavy atom. The Labute approximate surface area is 95.3 Å². The van der Waals surface area contributed by atoms with Crippen molar-refractivity contribution in [1.82, 2.24) is 9.97 Å². The summed E-state index contributed by atoms with van der Waals surface area (Å²) in [5.41, 5.74) is 0. The number of nitrogens with one attached hydrogen (secondary N) is 1. The van der Waals surface area contributed by atoms with E-state index in [9.17, 15) is 0 Å². The van der Waals surface area contributed by atoms with E-state index in [2.05, 4.69) is 22.2 Å². The summed E-state index contributed by atoms with van der Waals surface area (Å²) in [5, 5.41) is 3.90. The van der Waals surface area contributed by atoms with Crippen LogP contribution >= 0.6 is 11.6 Å². The number of halogens is 1. The number of hydrogen-bond acceptors (Lipinski definition) is 3. The smallest absolute Gasteiger partial charge is 0.134 e. The molecule has 0 bridgehead atoms. The molecule has 1 unspecified atom stereocenters. The summed E-state index contributed by atoms with van der Waals surface area (Å²) in [6.45, 7) is 4.06. The van der Waals surface area contributed by atoms with E-state index >= 15 is 0 Å². The molecule has 0 spiro atoms. The van der Waals surface area contributed by atoms with Gasteiger partial charge in [-0.3, -0.25) is 0 Å². The third-order valence-electron chi connectivity index (χ3n) is 3.04. The molecule has 1 atom stereocenters. The second-order valence-electron chi connectivity index (χ2n) is 4.25.